The predicted molar refractivity (Wildman–Crippen MR) is 89.2 cm³/mol. The van der Waals surface area contributed by atoms with Crippen molar-refractivity contribution < 1.29 is 4.79 Å². The quantitative estimate of drug-likeness (QED) is 0.739. The van der Waals surface area contributed by atoms with Crippen molar-refractivity contribution in [3.8, 4) is 0 Å². The highest BCUT2D eigenvalue weighted by Gasteiger charge is 2.16. The van der Waals surface area contributed by atoms with Crippen LogP contribution in [0.3, 0.4) is 0 Å². The van der Waals surface area contributed by atoms with E-state index in [-0.39, 0.29) is 5.91 Å². The minimum absolute atomic E-state index is 0.122. The van der Waals surface area contributed by atoms with Crippen LogP contribution in [0, 0.1) is 6.92 Å². The maximum absolute atomic E-state index is 12.3. The highest BCUT2D eigenvalue weighted by molar-refractivity contribution is 7.21. The van der Waals surface area contributed by atoms with Crippen LogP contribution in [0.25, 0.3) is 10.1 Å². The van der Waals surface area contributed by atoms with E-state index in [1.807, 2.05) is 49.4 Å². The zero-order valence-electron chi connectivity index (χ0n) is 11.5. The molecule has 3 rings (SSSR count). The third-order valence-corrected chi connectivity index (χ3v) is 4.94. The fourth-order valence-corrected chi connectivity index (χ4v) is 3.71. The zero-order chi connectivity index (χ0) is 14.8. The Hall–Kier alpha value is -1.84. The zero-order valence-corrected chi connectivity index (χ0v) is 13.1. The lowest BCUT2D eigenvalue weighted by Crippen LogP contribution is -2.21. The molecule has 106 valence electrons. The van der Waals surface area contributed by atoms with Gasteiger partial charge in [0.15, 0.2) is 0 Å². The van der Waals surface area contributed by atoms with Crippen LogP contribution in [0.5, 0.6) is 0 Å². The van der Waals surface area contributed by atoms with Crippen molar-refractivity contribution >= 4 is 38.9 Å². The van der Waals surface area contributed by atoms with Gasteiger partial charge in [-0.05, 0) is 24.1 Å². The number of rotatable bonds is 3. The third-order valence-electron chi connectivity index (χ3n) is 3.29. The van der Waals surface area contributed by atoms with Gasteiger partial charge in [0.2, 0.25) is 0 Å². The number of carbonyl (C=O) groups excluding carboxylic acids is 1. The Kier molecular flexibility index (Phi) is 3.95. The summed E-state index contributed by atoms with van der Waals surface area (Å²) in [5, 5.41) is 4.40. The molecule has 0 aliphatic heterocycles. The van der Waals surface area contributed by atoms with Crippen LogP contribution in [0.4, 0.5) is 0 Å². The number of halogens is 1. The first-order valence-electron chi connectivity index (χ1n) is 6.66. The molecule has 1 N–H and O–H groups in total. The normalized spacial score (nSPS) is 10.8. The average Bonchev–Trinajstić information content (AvgIpc) is 2.82. The van der Waals surface area contributed by atoms with E-state index in [2.05, 4.69) is 11.4 Å². The van der Waals surface area contributed by atoms with Crippen LogP contribution in [-0.4, -0.2) is 5.91 Å². The smallest absolute Gasteiger partial charge is 0.263 e. The van der Waals surface area contributed by atoms with Gasteiger partial charge in [0.25, 0.3) is 5.91 Å². The van der Waals surface area contributed by atoms with Gasteiger partial charge in [-0.15, -0.1) is 11.3 Å². The second-order valence-corrected chi connectivity index (χ2v) is 6.34. The molecule has 0 saturated carbocycles. The summed E-state index contributed by atoms with van der Waals surface area (Å²) < 4.78 is 1.05. The molecule has 2 nitrogen and oxygen atoms in total. The van der Waals surface area contributed by atoms with Crippen molar-refractivity contribution in [2.24, 2.45) is 0 Å². The van der Waals surface area contributed by atoms with E-state index in [1.165, 1.54) is 11.3 Å². The first-order chi connectivity index (χ1) is 10.1. The molecule has 0 unspecified atom stereocenters. The van der Waals surface area contributed by atoms with Crippen molar-refractivity contribution in [2.45, 2.75) is 13.5 Å². The number of thiophene rings is 1. The van der Waals surface area contributed by atoms with Gasteiger partial charge in [-0.3, -0.25) is 4.79 Å². The van der Waals surface area contributed by atoms with E-state index in [1.54, 1.807) is 0 Å². The monoisotopic (exact) mass is 315 g/mol. The highest BCUT2D eigenvalue weighted by Crippen LogP contribution is 2.35. The van der Waals surface area contributed by atoms with Crippen molar-refractivity contribution in [1.29, 1.82) is 0 Å². The minimum atomic E-state index is -0.122. The molecule has 0 aliphatic rings. The molecule has 1 aromatic heterocycles. The number of aryl methyl sites for hydroxylation is 1. The van der Waals surface area contributed by atoms with Crippen LogP contribution in [-0.2, 0) is 6.54 Å². The average molecular weight is 316 g/mol. The Morgan fingerprint density at radius 3 is 2.71 bits per heavy atom. The molecule has 3 aromatic rings. The molecule has 0 radical (unpaired) electrons. The number of hydrogen-bond donors (Lipinski definition) is 1. The van der Waals surface area contributed by atoms with E-state index in [9.17, 15) is 4.79 Å². The summed E-state index contributed by atoms with van der Waals surface area (Å²) in [6.07, 6.45) is 0. The van der Waals surface area contributed by atoms with Crippen LogP contribution in [0.1, 0.15) is 20.8 Å². The Balaban J connectivity index is 1.83. The van der Waals surface area contributed by atoms with Gasteiger partial charge < -0.3 is 5.32 Å². The SMILES string of the molecule is Cc1ccc2c(Cl)c(C(=O)NCc3ccccc3)sc2c1. The van der Waals surface area contributed by atoms with E-state index in [4.69, 9.17) is 11.6 Å². The van der Waals surface area contributed by atoms with Crippen LogP contribution < -0.4 is 5.32 Å². The van der Waals surface area contributed by atoms with Gasteiger partial charge in [-0.1, -0.05) is 54.1 Å². The highest BCUT2D eigenvalue weighted by atomic mass is 35.5. The molecule has 2 aromatic carbocycles. The first kappa shape index (κ1) is 14.1. The number of nitrogens with one attached hydrogen (secondary N) is 1. The Labute approximate surface area is 132 Å². The molecule has 4 heteroatoms. The van der Waals surface area contributed by atoms with E-state index in [0.29, 0.717) is 16.4 Å². The minimum Gasteiger partial charge on any atom is -0.347 e. The molecule has 21 heavy (non-hydrogen) atoms. The van der Waals surface area contributed by atoms with E-state index >= 15 is 0 Å². The lowest BCUT2D eigenvalue weighted by molar-refractivity contribution is 0.0955. The van der Waals surface area contributed by atoms with Crippen LogP contribution >= 0.6 is 22.9 Å². The molecule has 1 heterocycles. The number of benzene rings is 2. The molecule has 0 aliphatic carbocycles. The van der Waals surface area contributed by atoms with Gasteiger partial charge >= 0.3 is 0 Å². The van der Waals surface area contributed by atoms with Crippen molar-refractivity contribution in [3.05, 3.63) is 69.6 Å². The van der Waals surface area contributed by atoms with Crippen LogP contribution in [0.15, 0.2) is 48.5 Å². The molecular weight excluding hydrogens is 302 g/mol. The lowest BCUT2D eigenvalue weighted by atomic mass is 10.2. The van der Waals surface area contributed by atoms with Gasteiger partial charge in [0.1, 0.15) is 4.88 Å². The van der Waals surface area contributed by atoms with Crippen molar-refractivity contribution in [1.82, 2.24) is 5.32 Å². The summed E-state index contributed by atoms with van der Waals surface area (Å²) in [5.74, 6) is -0.122. The molecular formula is C17H14ClNOS. The standard InChI is InChI=1S/C17H14ClNOS/c1-11-7-8-13-14(9-11)21-16(15(13)18)17(20)19-10-12-5-3-2-4-6-12/h2-9H,10H2,1H3,(H,19,20). The van der Waals surface area contributed by atoms with Crippen LogP contribution in [0.2, 0.25) is 5.02 Å². The fraction of sp³-hybridized carbons (Fsp3) is 0.118. The summed E-state index contributed by atoms with van der Waals surface area (Å²) in [6.45, 7) is 2.53. The van der Waals surface area contributed by atoms with Gasteiger partial charge in [0.05, 0.1) is 5.02 Å². The largest absolute Gasteiger partial charge is 0.347 e. The van der Waals surface area contributed by atoms with Gasteiger partial charge in [0, 0.05) is 16.6 Å². The summed E-state index contributed by atoms with van der Waals surface area (Å²) in [6, 6.07) is 15.9. The Bertz CT molecular complexity index is 795. The second kappa shape index (κ2) is 5.88. The first-order valence-corrected chi connectivity index (χ1v) is 7.85. The fourth-order valence-electron chi connectivity index (χ4n) is 2.18. The summed E-state index contributed by atoms with van der Waals surface area (Å²) in [5.41, 5.74) is 2.23. The predicted octanol–water partition coefficient (Wildman–Crippen LogP) is 4.79. The topological polar surface area (TPSA) is 29.1 Å². The number of carbonyl (C=O) groups is 1. The third kappa shape index (κ3) is 2.94. The Morgan fingerprint density at radius 2 is 1.95 bits per heavy atom. The molecule has 0 saturated heterocycles. The molecule has 0 bridgehead atoms. The maximum atomic E-state index is 12.3. The summed E-state index contributed by atoms with van der Waals surface area (Å²) in [4.78, 5) is 12.9. The van der Waals surface area contributed by atoms with E-state index in [0.717, 1.165) is 21.2 Å². The lowest BCUT2D eigenvalue weighted by Gasteiger charge is -2.03. The molecule has 1 amide bonds. The number of hydrogen-bond acceptors (Lipinski definition) is 2. The van der Waals surface area contributed by atoms with Gasteiger partial charge in [-0.25, -0.2) is 0 Å². The molecule has 0 fully saturated rings. The Morgan fingerprint density at radius 1 is 1.19 bits per heavy atom. The molecule has 0 spiro atoms. The van der Waals surface area contributed by atoms with Crippen molar-refractivity contribution in [3.63, 3.8) is 0 Å². The molecule has 0 atom stereocenters. The van der Waals surface area contributed by atoms with Crippen molar-refractivity contribution in [2.75, 3.05) is 0 Å². The number of fused-ring (bicyclic) bond motifs is 1. The number of amides is 1. The second-order valence-electron chi connectivity index (χ2n) is 4.91. The summed E-state index contributed by atoms with van der Waals surface area (Å²) >= 11 is 7.77. The maximum Gasteiger partial charge on any atom is 0.263 e. The van der Waals surface area contributed by atoms with Gasteiger partial charge in [-0.2, -0.15) is 0 Å². The van der Waals surface area contributed by atoms with E-state index < -0.39 is 0 Å². The summed E-state index contributed by atoms with van der Waals surface area (Å²) in [7, 11) is 0.